The van der Waals surface area contributed by atoms with Crippen LogP contribution in [0.4, 0.5) is 15.8 Å². The Morgan fingerprint density at radius 1 is 1.06 bits per heavy atom. The van der Waals surface area contributed by atoms with E-state index >= 15 is 0 Å². The summed E-state index contributed by atoms with van der Waals surface area (Å²) in [7, 11) is 0. The lowest BCUT2D eigenvalue weighted by Gasteiger charge is -2.38. The fraction of sp³-hybridized carbons (Fsp3) is 0.333. The Bertz CT molecular complexity index is 1010. The lowest BCUT2D eigenvalue weighted by Crippen LogP contribution is -2.52. The lowest BCUT2D eigenvalue weighted by atomic mass is 10.1. The fourth-order valence-corrected chi connectivity index (χ4v) is 3.89. The van der Waals surface area contributed by atoms with Gasteiger partial charge in [-0.1, -0.05) is 12.1 Å². The number of nitrogens with zero attached hydrogens (tertiary/aromatic N) is 4. The predicted octanol–water partition coefficient (Wildman–Crippen LogP) is 3.53. The van der Waals surface area contributed by atoms with Gasteiger partial charge in [0.1, 0.15) is 11.6 Å². The number of anilines is 2. The van der Waals surface area contributed by atoms with E-state index in [1.807, 2.05) is 44.3 Å². The summed E-state index contributed by atoms with van der Waals surface area (Å²) in [5, 5.41) is 3.03. The molecule has 1 aromatic heterocycles. The first-order valence-corrected chi connectivity index (χ1v) is 10.6. The fourth-order valence-electron chi connectivity index (χ4n) is 3.89. The number of imidazole rings is 1. The number of carbonyl (C=O) groups is 1. The Morgan fingerprint density at radius 3 is 2.35 bits per heavy atom. The summed E-state index contributed by atoms with van der Waals surface area (Å²) in [6, 6.07) is 14.3. The summed E-state index contributed by atoms with van der Waals surface area (Å²) in [5.41, 5.74) is 2.97. The van der Waals surface area contributed by atoms with Crippen molar-refractivity contribution in [1.29, 1.82) is 0 Å². The minimum atomic E-state index is -0.224. The van der Waals surface area contributed by atoms with Gasteiger partial charge in [-0.2, -0.15) is 0 Å². The number of aryl methyl sites for hydroxylation is 1. The van der Waals surface area contributed by atoms with Crippen molar-refractivity contribution in [3.8, 4) is 0 Å². The molecule has 1 aliphatic rings. The number of nitrogens with one attached hydrogen (secondary N) is 1. The van der Waals surface area contributed by atoms with E-state index in [4.69, 9.17) is 0 Å². The van der Waals surface area contributed by atoms with E-state index in [0.29, 0.717) is 0 Å². The first-order valence-electron chi connectivity index (χ1n) is 10.6. The highest BCUT2D eigenvalue weighted by atomic mass is 19.1. The van der Waals surface area contributed by atoms with Crippen LogP contribution in [0.2, 0.25) is 0 Å². The zero-order valence-electron chi connectivity index (χ0n) is 18.0. The number of halogens is 1. The van der Waals surface area contributed by atoms with Crippen molar-refractivity contribution in [2.75, 3.05) is 36.4 Å². The molecule has 0 radical (unpaired) electrons. The molecule has 3 aromatic rings. The number of aromatic nitrogens is 2. The molecule has 2 heterocycles. The topological polar surface area (TPSA) is 53.4 Å². The molecule has 1 saturated heterocycles. The van der Waals surface area contributed by atoms with Crippen LogP contribution in [0, 0.1) is 12.7 Å². The largest absolute Gasteiger partial charge is 0.369 e. The number of amides is 1. The molecule has 0 spiro atoms. The quantitative estimate of drug-likeness (QED) is 0.662. The summed E-state index contributed by atoms with van der Waals surface area (Å²) in [4.78, 5) is 21.4. The molecule has 0 aliphatic carbocycles. The molecular formula is C24H28FN5O. The molecule has 162 valence electrons. The maximum atomic E-state index is 13.1. The molecular weight excluding hydrogens is 393 g/mol. The molecule has 0 saturated carbocycles. The molecule has 1 atom stereocenters. The van der Waals surface area contributed by atoms with Crippen LogP contribution in [0.5, 0.6) is 0 Å². The molecule has 1 amide bonds. The number of hydrogen-bond donors (Lipinski definition) is 1. The Hall–Kier alpha value is -3.19. The van der Waals surface area contributed by atoms with Crippen LogP contribution < -0.4 is 10.2 Å². The van der Waals surface area contributed by atoms with E-state index in [1.54, 1.807) is 18.3 Å². The second-order valence-electron chi connectivity index (χ2n) is 7.96. The highest BCUT2D eigenvalue weighted by molar-refractivity contribution is 5.94. The first kappa shape index (κ1) is 21.1. The highest BCUT2D eigenvalue weighted by Crippen LogP contribution is 2.18. The number of hydrogen-bond acceptors (Lipinski definition) is 4. The van der Waals surface area contributed by atoms with Gasteiger partial charge in [-0.15, -0.1) is 0 Å². The van der Waals surface area contributed by atoms with Gasteiger partial charge in [-0.05, 0) is 55.8 Å². The van der Waals surface area contributed by atoms with Crippen molar-refractivity contribution < 1.29 is 9.18 Å². The zero-order chi connectivity index (χ0) is 21.8. The average molecular weight is 422 g/mol. The van der Waals surface area contributed by atoms with Gasteiger partial charge in [0.2, 0.25) is 5.91 Å². The molecule has 1 aliphatic heterocycles. The van der Waals surface area contributed by atoms with E-state index in [2.05, 4.69) is 24.7 Å². The van der Waals surface area contributed by atoms with Crippen molar-refractivity contribution in [2.45, 2.75) is 26.4 Å². The highest BCUT2D eigenvalue weighted by Gasteiger charge is 2.25. The summed E-state index contributed by atoms with van der Waals surface area (Å²) >= 11 is 0. The molecule has 31 heavy (non-hydrogen) atoms. The lowest BCUT2D eigenvalue weighted by molar-refractivity contribution is -0.120. The van der Waals surface area contributed by atoms with E-state index in [1.165, 1.54) is 12.1 Å². The van der Waals surface area contributed by atoms with Crippen molar-refractivity contribution in [3.05, 3.63) is 78.1 Å². The van der Waals surface area contributed by atoms with E-state index in [0.717, 1.165) is 55.5 Å². The summed E-state index contributed by atoms with van der Waals surface area (Å²) < 4.78 is 15.2. The predicted molar refractivity (Wildman–Crippen MR) is 121 cm³/mol. The van der Waals surface area contributed by atoms with Crippen LogP contribution in [0.1, 0.15) is 18.3 Å². The Balaban J connectivity index is 1.28. The Kier molecular flexibility index (Phi) is 6.32. The van der Waals surface area contributed by atoms with Crippen LogP contribution in [-0.2, 0) is 11.3 Å². The normalized spacial score (nSPS) is 15.6. The van der Waals surface area contributed by atoms with Gasteiger partial charge >= 0.3 is 0 Å². The monoisotopic (exact) mass is 421 g/mol. The second kappa shape index (κ2) is 9.31. The van der Waals surface area contributed by atoms with Crippen LogP contribution >= 0.6 is 0 Å². The van der Waals surface area contributed by atoms with Gasteiger partial charge in [0.05, 0.1) is 6.04 Å². The maximum Gasteiger partial charge on any atom is 0.241 e. The molecule has 1 N–H and O–H groups in total. The van der Waals surface area contributed by atoms with Gasteiger partial charge in [0.15, 0.2) is 0 Å². The van der Waals surface area contributed by atoms with Gasteiger partial charge in [0.25, 0.3) is 0 Å². The van der Waals surface area contributed by atoms with E-state index in [9.17, 15) is 9.18 Å². The van der Waals surface area contributed by atoms with Gasteiger partial charge < -0.3 is 14.8 Å². The van der Waals surface area contributed by atoms with E-state index < -0.39 is 0 Å². The number of benzene rings is 2. The van der Waals surface area contributed by atoms with Crippen molar-refractivity contribution in [2.24, 2.45) is 0 Å². The molecule has 2 aromatic carbocycles. The Morgan fingerprint density at radius 2 is 1.74 bits per heavy atom. The van der Waals surface area contributed by atoms with Crippen molar-refractivity contribution in [3.63, 3.8) is 0 Å². The van der Waals surface area contributed by atoms with Crippen LogP contribution in [-0.4, -0.2) is 52.6 Å². The average Bonchev–Trinajstić information content (AvgIpc) is 3.19. The standard InChI is InChI=1S/C24H28FN5O/c1-18(28-13-15-29(16-14-28)23-9-5-21(25)6-10-23)24(31)27-22-7-3-20(4-8-22)17-30-12-11-26-19(30)2/h3-12,18H,13-17H2,1-2H3,(H,27,31). The molecule has 1 unspecified atom stereocenters. The van der Waals surface area contributed by atoms with Gasteiger partial charge in [-0.3, -0.25) is 9.69 Å². The summed E-state index contributed by atoms with van der Waals surface area (Å²) in [5.74, 6) is 0.747. The Labute approximate surface area is 182 Å². The van der Waals surface area contributed by atoms with Crippen LogP contribution in [0.15, 0.2) is 60.9 Å². The van der Waals surface area contributed by atoms with Gasteiger partial charge in [-0.25, -0.2) is 9.37 Å². The zero-order valence-corrected chi connectivity index (χ0v) is 18.0. The molecule has 1 fully saturated rings. The number of carbonyl (C=O) groups excluding carboxylic acids is 1. The van der Waals surface area contributed by atoms with Crippen molar-refractivity contribution in [1.82, 2.24) is 14.5 Å². The van der Waals surface area contributed by atoms with Gasteiger partial charge in [0, 0.05) is 56.5 Å². The van der Waals surface area contributed by atoms with Crippen LogP contribution in [0.3, 0.4) is 0 Å². The second-order valence-corrected chi connectivity index (χ2v) is 7.96. The maximum absolute atomic E-state index is 13.1. The number of rotatable bonds is 6. The summed E-state index contributed by atoms with van der Waals surface area (Å²) in [6.07, 6.45) is 3.76. The molecule has 7 heteroatoms. The van der Waals surface area contributed by atoms with E-state index in [-0.39, 0.29) is 17.8 Å². The minimum absolute atomic E-state index is 0.00608. The third kappa shape index (κ3) is 5.11. The minimum Gasteiger partial charge on any atom is -0.369 e. The number of piperazine rings is 1. The third-order valence-electron chi connectivity index (χ3n) is 5.93. The van der Waals surface area contributed by atoms with Crippen LogP contribution in [0.25, 0.3) is 0 Å². The van der Waals surface area contributed by atoms with Crippen molar-refractivity contribution >= 4 is 17.3 Å². The molecule has 6 nitrogen and oxygen atoms in total. The molecule has 4 rings (SSSR count). The summed E-state index contributed by atoms with van der Waals surface area (Å²) in [6.45, 7) is 7.88. The third-order valence-corrected chi connectivity index (χ3v) is 5.93. The smallest absolute Gasteiger partial charge is 0.241 e. The first-order chi connectivity index (χ1) is 15.0. The SMILES string of the molecule is Cc1nccn1Cc1ccc(NC(=O)C(C)N2CCN(c3ccc(F)cc3)CC2)cc1. The molecule has 0 bridgehead atoms.